The summed E-state index contributed by atoms with van der Waals surface area (Å²) >= 11 is 0. The zero-order chi connectivity index (χ0) is 13.4. The topological polar surface area (TPSA) is 88.8 Å². The fourth-order valence-corrected chi connectivity index (χ4v) is 1.24. The third-order valence-electron chi connectivity index (χ3n) is 2.21. The molecule has 6 heteroatoms. The van der Waals surface area contributed by atoms with Crippen LogP contribution in [0.3, 0.4) is 0 Å². The molecular weight excluding hydrogens is 238 g/mol. The second-order valence-corrected chi connectivity index (χ2v) is 3.75. The van der Waals surface area contributed by atoms with Crippen LogP contribution in [0.2, 0.25) is 0 Å². The van der Waals surface area contributed by atoms with Crippen molar-refractivity contribution in [2.24, 2.45) is 0 Å². The molecule has 0 radical (unpaired) electrons. The number of unbranched alkanes of at least 4 members (excludes halogenated alkanes) is 1. The normalized spacial score (nSPS) is 10.3. The van der Waals surface area contributed by atoms with E-state index in [1.54, 1.807) is 0 Å². The number of furan rings is 1. The van der Waals surface area contributed by atoms with Crippen LogP contribution in [-0.2, 0) is 16.1 Å². The maximum Gasteiger partial charge on any atom is 0.371 e. The number of aromatic carboxylic acids is 1. The van der Waals surface area contributed by atoms with Crippen molar-refractivity contribution < 1.29 is 23.8 Å². The molecule has 0 saturated heterocycles. The molecule has 0 aromatic carbocycles. The second kappa shape index (κ2) is 7.50. The highest BCUT2D eigenvalue weighted by Crippen LogP contribution is 2.07. The van der Waals surface area contributed by atoms with Gasteiger partial charge in [0.15, 0.2) is 0 Å². The van der Waals surface area contributed by atoms with Crippen molar-refractivity contribution in [3.05, 3.63) is 23.7 Å². The highest BCUT2D eigenvalue weighted by atomic mass is 16.5. The number of ether oxygens (including phenoxy) is 1. The van der Waals surface area contributed by atoms with Crippen LogP contribution in [0.4, 0.5) is 0 Å². The Labute approximate surface area is 105 Å². The fraction of sp³-hybridized carbons (Fsp3) is 0.500. The molecule has 1 aromatic rings. The van der Waals surface area contributed by atoms with Crippen molar-refractivity contribution in [3.63, 3.8) is 0 Å². The minimum atomic E-state index is -1.13. The lowest BCUT2D eigenvalue weighted by Gasteiger charge is -2.04. The lowest BCUT2D eigenvalue weighted by atomic mass is 10.4. The van der Waals surface area contributed by atoms with Crippen LogP contribution in [0.5, 0.6) is 0 Å². The summed E-state index contributed by atoms with van der Waals surface area (Å²) in [6, 6.07) is 2.86. The first kappa shape index (κ1) is 14.2. The lowest BCUT2D eigenvalue weighted by molar-refractivity contribution is -0.126. The summed E-state index contributed by atoms with van der Waals surface area (Å²) in [7, 11) is 0. The van der Waals surface area contributed by atoms with E-state index < -0.39 is 5.97 Å². The lowest BCUT2D eigenvalue weighted by Crippen LogP contribution is -2.27. The van der Waals surface area contributed by atoms with Crippen LogP contribution in [0.1, 0.15) is 36.1 Å². The van der Waals surface area contributed by atoms with Crippen molar-refractivity contribution >= 4 is 11.9 Å². The van der Waals surface area contributed by atoms with Crippen LogP contribution in [-0.4, -0.2) is 30.2 Å². The zero-order valence-electron chi connectivity index (χ0n) is 10.3. The molecule has 0 fully saturated rings. The number of amides is 1. The van der Waals surface area contributed by atoms with Gasteiger partial charge < -0.3 is 19.6 Å². The third kappa shape index (κ3) is 5.01. The SMILES string of the molecule is CCCCOCC(=O)NCc1ccc(C(=O)O)o1. The number of carboxylic acid groups (broad SMARTS) is 1. The smallest absolute Gasteiger partial charge is 0.371 e. The van der Waals surface area contributed by atoms with E-state index in [1.165, 1.54) is 12.1 Å². The predicted octanol–water partition coefficient (Wildman–Crippen LogP) is 1.41. The van der Waals surface area contributed by atoms with Crippen molar-refractivity contribution in [3.8, 4) is 0 Å². The molecule has 2 N–H and O–H groups in total. The van der Waals surface area contributed by atoms with Crippen LogP contribution >= 0.6 is 0 Å². The van der Waals surface area contributed by atoms with E-state index >= 15 is 0 Å². The van der Waals surface area contributed by atoms with E-state index in [2.05, 4.69) is 5.32 Å². The Bertz CT molecular complexity index is 399. The molecule has 100 valence electrons. The summed E-state index contributed by atoms with van der Waals surface area (Å²) < 4.78 is 10.1. The second-order valence-electron chi connectivity index (χ2n) is 3.75. The molecule has 1 rings (SSSR count). The van der Waals surface area contributed by atoms with E-state index in [9.17, 15) is 9.59 Å². The van der Waals surface area contributed by atoms with Gasteiger partial charge in [-0.3, -0.25) is 4.79 Å². The Balaban J connectivity index is 2.23. The molecule has 1 heterocycles. The highest BCUT2D eigenvalue weighted by Gasteiger charge is 2.09. The largest absolute Gasteiger partial charge is 0.475 e. The molecule has 1 amide bonds. The van der Waals surface area contributed by atoms with Crippen LogP contribution in [0, 0.1) is 0 Å². The summed E-state index contributed by atoms with van der Waals surface area (Å²) in [5, 5.41) is 11.2. The van der Waals surface area contributed by atoms with Gasteiger partial charge >= 0.3 is 5.97 Å². The number of carbonyl (C=O) groups excluding carboxylic acids is 1. The predicted molar refractivity (Wildman–Crippen MR) is 63.2 cm³/mol. The molecule has 0 aliphatic heterocycles. The molecule has 0 spiro atoms. The summed E-state index contributed by atoms with van der Waals surface area (Å²) in [6.07, 6.45) is 1.94. The van der Waals surface area contributed by atoms with Gasteiger partial charge in [-0.1, -0.05) is 13.3 Å². The molecule has 0 saturated carbocycles. The molecule has 6 nitrogen and oxygen atoms in total. The number of hydrogen-bond acceptors (Lipinski definition) is 4. The monoisotopic (exact) mass is 255 g/mol. The Morgan fingerprint density at radius 1 is 1.44 bits per heavy atom. The van der Waals surface area contributed by atoms with E-state index in [4.69, 9.17) is 14.3 Å². The van der Waals surface area contributed by atoms with Gasteiger partial charge in [-0.25, -0.2) is 4.79 Å². The van der Waals surface area contributed by atoms with Crippen molar-refractivity contribution in [1.29, 1.82) is 0 Å². The first-order valence-electron chi connectivity index (χ1n) is 5.80. The average Bonchev–Trinajstić information content (AvgIpc) is 2.81. The summed E-state index contributed by atoms with van der Waals surface area (Å²) in [5.74, 6) is -1.12. The summed E-state index contributed by atoms with van der Waals surface area (Å²) in [6.45, 7) is 2.77. The number of hydrogen-bond donors (Lipinski definition) is 2. The number of rotatable bonds is 8. The van der Waals surface area contributed by atoms with Gasteiger partial charge in [0, 0.05) is 6.61 Å². The fourth-order valence-electron chi connectivity index (χ4n) is 1.24. The van der Waals surface area contributed by atoms with Crippen molar-refractivity contribution in [2.75, 3.05) is 13.2 Å². The maximum absolute atomic E-state index is 11.3. The van der Waals surface area contributed by atoms with Crippen molar-refractivity contribution in [2.45, 2.75) is 26.3 Å². The minimum Gasteiger partial charge on any atom is -0.475 e. The Morgan fingerprint density at radius 2 is 2.22 bits per heavy atom. The van der Waals surface area contributed by atoms with Crippen LogP contribution < -0.4 is 5.32 Å². The molecule has 0 aliphatic carbocycles. The number of nitrogens with one attached hydrogen (secondary N) is 1. The van der Waals surface area contributed by atoms with Gasteiger partial charge in [0.1, 0.15) is 12.4 Å². The Kier molecular flexibility index (Phi) is 5.93. The van der Waals surface area contributed by atoms with E-state index in [0.717, 1.165) is 12.8 Å². The molecular formula is C12H17NO5. The van der Waals surface area contributed by atoms with E-state index in [1.807, 2.05) is 6.92 Å². The average molecular weight is 255 g/mol. The van der Waals surface area contributed by atoms with E-state index in [-0.39, 0.29) is 24.8 Å². The van der Waals surface area contributed by atoms with Crippen molar-refractivity contribution in [1.82, 2.24) is 5.32 Å². The molecule has 0 unspecified atom stereocenters. The van der Waals surface area contributed by atoms with Crippen LogP contribution in [0.15, 0.2) is 16.5 Å². The first-order chi connectivity index (χ1) is 8.63. The molecule has 1 aromatic heterocycles. The zero-order valence-corrected chi connectivity index (χ0v) is 10.3. The molecule has 18 heavy (non-hydrogen) atoms. The summed E-state index contributed by atoms with van der Waals surface area (Å²) in [4.78, 5) is 21.9. The highest BCUT2D eigenvalue weighted by molar-refractivity contribution is 5.84. The number of carboxylic acids is 1. The quantitative estimate of drug-likeness (QED) is 0.685. The van der Waals surface area contributed by atoms with Gasteiger partial charge in [0.05, 0.1) is 6.54 Å². The van der Waals surface area contributed by atoms with Gasteiger partial charge in [-0.05, 0) is 18.6 Å². The molecule has 0 aliphatic rings. The maximum atomic E-state index is 11.3. The number of carbonyl (C=O) groups is 2. The van der Waals surface area contributed by atoms with Gasteiger partial charge in [0.2, 0.25) is 11.7 Å². The minimum absolute atomic E-state index is 0.00644. The van der Waals surface area contributed by atoms with Gasteiger partial charge in [0.25, 0.3) is 0 Å². The van der Waals surface area contributed by atoms with Crippen LogP contribution in [0.25, 0.3) is 0 Å². The first-order valence-corrected chi connectivity index (χ1v) is 5.80. The molecule has 0 bridgehead atoms. The Hall–Kier alpha value is -1.82. The standard InChI is InChI=1S/C12H17NO5/c1-2-3-6-17-8-11(14)13-7-9-4-5-10(18-9)12(15)16/h4-5H,2-3,6-8H2,1H3,(H,13,14)(H,15,16). The summed E-state index contributed by atoms with van der Waals surface area (Å²) in [5.41, 5.74) is 0. The Morgan fingerprint density at radius 3 is 2.83 bits per heavy atom. The van der Waals surface area contributed by atoms with Gasteiger partial charge in [-0.15, -0.1) is 0 Å². The third-order valence-corrected chi connectivity index (χ3v) is 2.21. The molecule has 0 atom stereocenters. The van der Waals surface area contributed by atoms with E-state index in [0.29, 0.717) is 12.4 Å². The van der Waals surface area contributed by atoms with Gasteiger partial charge in [-0.2, -0.15) is 0 Å².